The Bertz CT molecular complexity index is 400. The maximum atomic E-state index is 13.2. The summed E-state index contributed by atoms with van der Waals surface area (Å²) in [5.41, 5.74) is 0.0610. The summed E-state index contributed by atoms with van der Waals surface area (Å²) in [4.78, 5) is 21.6. The van der Waals surface area contributed by atoms with Crippen LogP contribution in [0.5, 0.6) is 5.75 Å². The smallest absolute Gasteiger partial charge is 0.337 e. The molecule has 0 spiro atoms. The van der Waals surface area contributed by atoms with E-state index in [1.165, 1.54) is 19.2 Å². The van der Waals surface area contributed by atoms with Crippen LogP contribution in [0.1, 0.15) is 17.3 Å². The zero-order valence-electron chi connectivity index (χ0n) is 8.24. The van der Waals surface area contributed by atoms with Crippen molar-refractivity contribution in [3.63, 3.8) is 0 Å². The van der Waals surface area contributed by atoms with Crippen molar-refractivity contribution in [3.8, 4) is 5.75 Å². The van der Waals surface area contributed by atoms with Gasteiger partial charge in [-0.15, -0.1) is 0 Å². The average molecular weight is 212 g/mol. The summed E-state index contributed by atoms with van der Waals surface area (Å²) in [6.45, 7) is 1.16. The monoisotopic (exact) mass is 212 g/mol. The zero-order chi connectivity index (χ0) is 11.4. The highest BCUT2D eigenvalue weighted by molar-refractivity contribution is 5.89. The lowest BCUT2D eigenvalue weighted by Gasteiger charge is -2.04. The molecule has 1 aromatic rings. The van der Waals surface area contributed by atoms with E-state index in [-0.39, 0.29) is 11.3 Å². The fraction of sp³-hybridized carbons (Fsp3) is 0.200. The SMILES string of the molecule is COC(=O)c1ccc(OC(C)=O)c(F)c1. The number of hydrogen-bond acceptors (Lipinski definition) is 4. The van der Waals surface area contributed by atoms with Crippen LogP contribution in [0, 0.1) is 5.82 Å². The molecule has 5 heteroatoms. The fourth-order valence-electron chi connectivity index (χ4n) is 0.983. The molecular formula is C10H9FO4. The number of carbonyl (C=O) groups excluding carboxylic acids is 2. The first-order valence-electron chi connectivity index (χ1n) is 4.11. The third kappa shape index (κ3) is 2.77. The summed E-state index contributed by atoms with van der Waals surface area (Å²) in [6.07, 6.45) is 0. The molecule has 0 aliphatic carbocycles. The van der Waals surface area contributed by atoms with Crippen molar-refractivity contribution in [1.82, 2.24) is 0 Å². The van der Waals surface area contributed by atoms with Crippen LogP contribution >= 0.6 is 0 Å². The van der Waals surface area contributed by atoms with Crippen LogP contribution in [-0.2, 0) is 9.53 Å². The Kier molecular flexibility index (Phi) is 3.38. The minimum absolute atomic E-state index is 0.0610. The molecule has 0 aliphatic heterocycles. The topological polar surface area (TPSA) is 52.6 Å². The molecule has 0 aliphatic rings. The third-order valence-corrected chi connectivity index (χ3v) is 1.61. The van der Waals surface area contributed by atoms with E-state index < -0.39 is 17.8 Å². The number of methoxy groups -OCH3 is 1. The van der Waals surface area contributed by atoms with Gasteiger partial charge in [-0.2, -0.15) is 0 Å². The van der Waals surface area contributed by atoms with Crippen molar-refractivity contribution in [2.45, 2.75) is 6.92 Å². The van der Waals surface area contributed by atoms with Crippen LogP contribution in [0.3, 0.4) is 0 Å². The second kappa shape index (κ2) is 4.54. The van der Waals surface area contributed by atoms with Gasteiger partial charge in [0.2, 0.25) is 0 Å². The molecule has 0 saturated heterocycles. The van der Waals surface area contributed by atoms with Gasteiger partial charge in [-0.05, 0) is 18.2 Å². The number of halogens is 1. The highest BCUT2D eigenvalue weighted by Crippen LogP contribution is 2.18. The van der Waals surface area contributed by atoms with Crippen LogP contribution in [0.25, 0.3) is 0 Å². The molecule has 0 aromatic heterocycles. The molecule has 0 bridgehead atoms. The molecule has 0 fully saturated rings. The zero-order valence-corrected chi connectivity index (χ0v) is 8.24. The van der Waals surface area contributed by atoms with E-state index in [4.69, 9.17) is 0 Å². The van der Waals surface area contributed by atoms with Gasteiger partial charge < -0.3 is 9.47 Å². The van der Waals surface area contributed by atoms with Crippen LogP contribution in [0.15, 0.2) is 18.2 Å². The van der Waals surface area contributed by atoms with Gasteiger partial charge in [-0.1, -0.05) is 0 Å². The van der Waals surface area contributed by atoms with Gasteiger partial charge in [0.15, 0.2) is 11.6 Å². The minimum atomic E-state index is -0.784. The lowest BCUT2D eigenvalue weighted by molar-refractivity contribution is -0.132. The highest BCUT2D eigenvalue weighted by Gasteiger charge is 2.11. The van der Waals surface area contributed by atoms with Crippen molar-refractivity contribution in [1.29, 1.82) is 0 Å². The predicted octanol–water partition coefficient (Wildman–Crippen LogP) is 1.54. The average Bonchev–Trinajstić information content (AvgIpc) is 2.19. The molecular weight excluding hydrogens is 203 g/mol. The van der Waals surface area contributed by atoms with Gasteiger partial charge in [0.05, 0.1) is 12.7 Å². The van der Waals surface area contributed by atoms with E-state index in [1.54, 1.807) is 0 Å². The Morgan fingerprint density at radius 1 is 1.33 bits per heavy atom. The quantitative estimate of drug-likeness (QED) is 0.551. The maximum Gasteiger partial charge on any atom is 0.337 e. The van der Waals surface area contributed by atoms with Crippen molar-refractivity contribution in [2.75, 3.05) is 7.11 Å². The molecule has 0 N–H and O–H groups in total. The van der Waals surface area contributed by atoms with Gasteiger partial charge >= 0.3 is 11.9 Å². The number of benzene rings is 1. The molecule has 15 heavy (non-hydrogen) atoms. The minimum Gasteiger partial charge on any atom is -0.465 e. The lowest BCUT2D eigenvalue weighted by atomic mass is 10.2. The molecule has 0 heterocycles. The van der Waals surface area contributed by atoms with Crippen molar-refractivity contribution >= 4 is 11.9 Å². The summed E-state index contributed by atoms with van der Waals surface area (Å²) in [5.74, 6) is -2.27. The predicted molar refractivity (Wildman–Crippen MR) is 49.0 cm³/mol. The second-order valence-electron chi connectivity index (χ2n) is 2.73. The summed E-state index contributed by atoms with van der Waals surface area (Å²) in [7, 11) is 1.19. The summed E-state index contributed by atoms with van der Waals surface area (Å²) >= 11 is 0. The first-order valence-corrected chi connectivity index (χ1v) is 4.11. The van der Waals surface area contributed by atoms with E-state index >= 15 is 0 Å². The molecule has 0 unspecified atom stereocenters. The highest BCUT2D eigenvalue weighted by atomic mass is 19.1. The summed E-state index contributed by atoms with van der Waals surface area (Å²) < 4.78 is 22.2. The normalized spacial score (nSPS) is 9.53. The molecule has 4 nitrogen and oxygen atoms in total. The van der Waals surface area contributed by atoms with Crippen LogP contribution in [0.2, 0.25) is 0 Å². The maximum absolute atomic E-state index is 13.2. The van der Waals surface area contributed by atoms with Crippen LogP contribution in [0.4, 0.5) is 4.39 Å². The summed E-state index contributed by atoms with van der Waals surface area (Å²) in [6, 6.07) is 3.46. The van der Waals surface area contributed by atoms with Crippen LogP contribution < -0.4 is 4.74 Å². The standard InChI is InChI=1S/C10H9FO4/c1-6(12)15-9-4-3-7(5-8(9)11)10(13)14-2/h3-5H,1-2H3. The van der Waals surface area contributed by atoms with E-state index in [9.17, 15) is 14.0 Å². The molecule has 0 radical (unpaired) electrons. The van der Waals surface area contributed by atoms with Crippen molar-refractivity contribution < 1.29 is 23.5 Å². The van der Waals surface area contributed by atoms with Gasteiger partial charge in [0, 0.05) is 6.92 Å². The number of carbonyl (C=O) groups is 2. The van der Waals surface area contributed by atoms with E-state index in [2.05, 4.69) is 9.47 Å². The number of rotatable bonds is 2. The molecule has 0 amide bonds. The van der Waals surface area contributed by atoms with E-state index in [0.717, 1.165) is 13.0 Å². The fourth-order valence-corrected chi connectivity index (χ4v) is 0.983. The van der Waals surface area contributed by atoms with Crippen molar-refractivity contribution in [3.05, 3.63) is 29.6 Å². The Morgan fingerprint density at radius 2 is 2.00 bits per heavy atom. The van der Waals surface area contributed by atoms with Gasteiger partial charge in [-0.3, -0.25) is 4.79 Å². The largest absolute Gasteiger partial charge is 0.465 e. The van der Waals surface area contributed by atoms with Gasteiger partial charge in [0.1, 0.15) is 0 Å². The molecule has 1 aromatic carbocycles. The van der Waals surface area contributed by atoms with Crippen LogP contribution in [-0.4, -0.2) is 19.0 Å². The Morgan fingerprint density at radius 3 is 2.47 bits per heavy atom. The number of esters is 2. The Balaban J connectivity index is 2.97. The Hall–Kier alpha value is -1.91. The summed E-state index contributed by atoms with van der Waals surface area (Å²) in [5, 5.41) is 0. The molecule has 0 atom stereocenters. The number of ether oxygens (including phenoxy) is 2. The van der Waals surface area contributed by atoms with E-state index in [0.29, 0.717) is 0 Å². The second-order valence-corrected chi connectivity index (χ2v) is 2.73. The van der Waals surface area contributed by atoms with Gasteiger partial charge in [-0.25, -0.2) is 9.18 Å². The molecule has 0 saturated carbocycles. The molecule has 80 valence electrons. The third-order valence-electron chi connectivity index (χ3n) is 1.61. The lowest BCUT2D eigenvalue weighted by Crippen LogP contribution is -2.05. The number of hydrogen-bond donors (Lipinski definition) is 0. The Labute approximate surface area is 85.6 Å². The van der Waals surface area contributed by atoms with Crippen molar-refractivity contribution in [2.24, 2.45) is 0 Å². The van der Waals surface area contributed by atoms with Gasteiger partial charge in [0.25, 0.3) is 0 Å². The first kappa shape index (κ1) is 11.2. The first-order chi connectivity index (χ1) is 7.04. The van der Waals surface area contributed by atoms with E-state index in [1.807, 2.05) is 0 Å². The molecule has 1 rings (SSSR count).